The lowest BCUT2D eigenvalue weighted by atomic mass is 10.1. The van der Waals surface area contributed by atoms with E-state index in [0.717, 1.165) is 6.04 Å². The summed E-state index contributed by atoms with van der Waals surface area (Å²) in [7, 11) is -1.25. The number of anilines is 2. The van der Waals surface area contributed by atoms with E-state index in [4.69, 9.17) is 23.7 Å². The van der Waals surface area contributed by atoms with Crippen LogP contribution in [0.2, 0.25) is 25.7 Å². The largest absolute Gasteiger partial charge is 0.465 e. The third-order valence-corrected chi connectivity index (χ3v) is 7.28. The molecule has 0 N–H and O–H groups in total. The smallest absolute Gasteiger partial charge is 0.415 e. The maximum absolute atomic E-state index is 12.5. The van der Waals surface area contributed by atoms with Crippen molar-refractivity contribution in [3.8, 4) is 5.88 Å². The summed E-state index contributed by atoms with van der Waals surface area (Å²) in [5, 5.41) is 0. The second kappa shape index (κ2) is 9.18. The van der Waals surface area contributed by atoms with E-state index in [1.54, 1.807) is 0 Å². The quantitative estimate of drug-likeness (QED) is 0.390. The zero-order valence-electron chi connectivity index (χ0n) is 19.4. The van der Waals surface area contributed by atoms with Crippen molar-refractivity contribution >= 4 is 31.7 Å². The Kier molecular flexibility index (Phi) is 6.48. The molecule has 0 saturated carbocycles. The topological polar surface area (TPSA) is 113 Å². The van der Waals surface area contributed by atoms with E-state index in [0.29, 0.717) is 26.0 Å². The van der Waals surface area contributed by atoms with Crippen LogP contribution in [0.25, 0.3) is 0 Å². The molecular weight excluding hydrogens is 448 g/mol. The molecule has 11 nitrogen and oxygen atoms in total. The lowest BCUT2D eigenvalue weighted by Gasteiger charge is -2.28. The molecule has 0 spiro atoms. The fourth-order valence-corrected chi connectivity index (χ4v) is 4.29. The minimum atomic E-state index is -1.25. The fourth-order valence-electron chi connectivity index (χ4n) is 3.53. The molecule has 0 radical (unpaired) electrons. The number of cyclic esters (lactones) is 1. The van der Waals surface area contributed by atoms with Gasteiger partial charge in [0.25, 0.3) is 11.8 Å². The van der Waals surface area contributed by atoms with Gasteiger partial charge < -0.3 is 23.7 Å². The highest BCUT2D eigenvalue weighted by Gasteiger charge is 2.38. The van der Waals surface area contributed by atoms with E-state index >= 15 is 0 Å². The number of ether oxygens (including phenoxy) is 5. The Morgan fingerprint density at radius 3 is 2.73 bits per heavy atom. The molecule has 3 aliphatic heterocycles. The number of nitrogens with zero attached hydrogens (tertiary/aromatic N) is 4. The predicted octanol–water partition coefficient (Wildman–Crippen LogP) is 2.85. The van der Waals surface area contributed by atoms with Gasteiger partial charge in [0.05, 0.1) is 12.7 Å². The minimum Gasteiger partial charge on any atom is -0.465 e. The molecule has 0 bridgehead atoms. The first-order valence-electron chi connectivity index (χ1n) is 11.0. The Morgan fingerprint density at radius 2 is 2.00 bits per heavy atom. The average Bonchev–Trinajstić information content (AvgIpc) is 3.36. The van der Waals surface area contributed by atoms with Gasteiger partial charge in [-0.2, -0.15) is 0 Å². The maximum Gasteiger partial charge on any atom is 0.415 e. The van der Waals surface area contributed by atoms with Crippen molar-refractivity contribution in [1.82, 2.24) is 9.97 Å². The summed E-state index contributed by atoms with van der Waals surface area (Å²) in [5.41, 5.74) is 0. The number of hydrogen-bond donors (Lipinski definition) is 0. The lowest BCUT2D eigenvalue weighted by molar-refractivity contribution is -0.134. The number of amides is 2. The van der Waals surface area contributed by atoms with Crippen LogP contribution >= 0.6 is 0 Å². The summed E-state index contributed by atoms with van der Waals surface area (Å²) >= 11 is 0. The molecule has 1 fully saturated rings. The predicted molar refractivity (Wildman–Crippen MR) is 121 cm³/mol. The van der Waals surface area contributed by atoms with Crippen molar-refractivity contribution in [2.75, 3.05) is 36.3 Å². The Hall–Kier alpha value is -2.86. The third-order valence-electron chi connectivity index (χ3n) is 5.58. The summed E-state index contributed by atoms with van der Waals surface area (Å²) in [6.07, 6.45) is 4.67. The number of aromatic nitrogens is 2. The summed E-state index contributed by atoms with van der Waals surface area (Å²) in [6, 6.07) is 0.982. The lowest BCUT2D eigenvalue weighted by Crippen LogP contribution is -2.42. The van der Waals surface area contributed by atoms with E-state index in [2.05, 4.69) is 29.6 Å². The molecule has 0 aliphatic carbocycles. The molecule has 4 rings (SSSR count). The standard InChI is InChI=1S/C21H30N4O7Si/c1-21(30-7-8-31-21)6-5-15-12-24(20(27)32-15)16-11-22-19-18(23-16)25(17(26)13-29-19)14-28-9-10-33(2,3)4/h7-8,11,15H,5-6,9-10,12-14H2,1-4H3. The molecule has 2 amide bonds. The Labute approximate surface area is 193 Å². The van der Waals surface area contributed by atoms with Gasteiger partial charge in [0.15, 0.2) is 12.4 Å². The highest BCUT2D eigenvalue weighted by atomic mass is 28.3. The van der Waals surface area contributed by atoms with E-state index in [-0.39, 0.29) is 42.9 Å². The van der Waals surface area contributed by atoms with Crippen LogP contribution in [0.5, 0.6) is 5.88 Å². The first-order chi connectivity index (χ1) is 15.6. The van der Waals surface area contributed by atoms with Gasteiger partial charge in [-0.3, -0.25) is 14.6 Å². The first-order valence-corrected chi connectivity index (χ1v) is 14.7. The fraction of sp³-hybridized carbons (Fsp3) is 0.619. The normalized spacial score (nSPS) is 21.4. The van der Waals surface area contributed by atoms with Gasteiger partial charge in [-0.15, -0.1) is 0 Å². The van der Waals surface area contributed by atoms with Gasteiger partial charge >= 0.3 is 6.09 Å². The van der Waals surface area contributed by atoms with Crippen molar-refractivity contribution < 1.29 is 33.3 Å². The van der Waals surface area contributed by atoms with E-state index in [1.165, 1.54) is 28.5 Å². The molecule has 1 unspecified atom stereocenters. The Balaban J connectivity index is 1.41. The third kappa shape index (κ3) is 5.56. The van der Waals surface area contributed by atoms with Crippen molar-refractivity contribution in [3.05, 3.63) is 18.7 Å². The number of rotatable bonds is 9. The van der Waals surface area contributed by atoms with Gasteiger partial charge in [-0.25, -0.2) is 14.8 Å². The Morgan fingerprint density at radius 1 is 1.24 bits per heavy atom. The molecule has 1 atom stereocenters. The zero-order chi connectivity index (χ0) is 23.6. The van der Waals surface area contributed by atoms with Crippen LogP contribution in [0, 0.1) is 0 Å². The number of carbonyl (C=O) groups excluding carboxylic acids is 2. The van der Waals surface area contributed by atoms with Crippen molar-refractivity contribution in [2.45, 2.75) is 57.3 Å². The molecule has 1 aromatic heterocycles. The maximum atomic E-state index is 12.5. The molecular formula is C21H30N4O7Si. The monoisotopic (exact) mass is 478 g/mol. The van der Waals surface area contributed by atoms with Crippen molar-refractivity contribution in [1.29, 1.82) is 0 Å². The van der Waals surface area contributed by atoms with Crippen molar-refractivity contribution in [2.24, 2.45) is 0 Å². The van der Waals surface area contributed by atoms with Gasteiger partial charge in [0.2, 0.25) is 11.6 Å². The number of carbonyl (C=O) groups is 2. The van der Waals surface area contributed by atoms with Crippen LogP contribution < -0.4 is 14.5 Å². The summed E-state index contributed by atoms with van der Waals surface area (Å²) in [6.45, 7) is 9.39. The van der Waals surface area contributed by atoms with Gasteiger partial charge in [0, 0.05) is 28.0 Å². The SMILES string of the molecule is CC1(CCC2CN(c3cnc4c(n3)N(COCC[Si](C)(C)C)C(=O)CO4)C(=O)O2)OC=CO1. The molecule has 33 heavy (non-hydrogen) atoms. The summed E-state index contributed by atoms with van der Waals surface area (Å²) in [5.74, 6) is -0.277. The van der Waals surface area contributed by atoms with Crippen LogP contribution in [0.3, 0.4) is 0 Å². The summed E-state index contributed by atoms with van der Waals surface area (Å²) in [4.78, 5) is 36.6. The first kappa shape index (κ1) is 23.3. The van der Waals surface area contributed by atoms with E-state index < -0.39 is 20.0 Å². The van der Waals surface area contributed by atoms with Crippen molar-refractivity contribution in [3.63, 3.8) is 0 Å². The molecule has 1 aromatic rings. The van der Waals surface area contributed by atoms with Crippen LogP contribution in [-0.2, 0) is 23.7 Å². The molecule has 3 aliphatic rings. The molecule has 180 valence electrons. The molecule has 1 saturated heterocycles. The number of fused-ring (bicyclic) bond motifs is 1. The number of hydrogen-bond acceptors (Lipinski definition) is 9. The molecule has 0 aromatic carbocycles. The highest BCUT2D eigenvalue weighted by Crippen LogP contribution is 2.32. The van der Waals surface area contributed by atoms with Crippen LogP contribution in [0.1, 0.15) is 19.8 Å². The average molecular weight is 479 g/mol. The van der Waals surface area contributed by atoms with E-state index in [9.17, 15) is 9.59 Å². The molecule has 4 heterocycles. The summed E-state index contributed by atoms with van der Waals surface area (Å²) < 4.78 is 27.5. The van der Waals surface area contributed by atoms with E-state index in [1.807, 2.05) is 6.92 Å². The van der Waals surface area contributed by atoms with Crippen LogP contribution in [-0.4, -0.2) is 68.4 Å². The second-order valence-electron chi connectivity index (χ2n) is 9.61. The minimum absolute atomic E-state index is 0.0531. The van der Waals surface area contributed by atoms with Gasteiger partial charge in [-0.1, -0.05) is 19.6 Å². The van der Waals surface area contributed by atoms with Crippen LogP contribution in [0.4, 0.5) is 16.4 Å². The van der Waals surface area contributed by atoms with Gasteiger partial charge in [0.1, 0.15) is 25.4 Å². The second-order valence-corrected chi connectivity index (χ2v) is 15.2. The zero-order valence-corrected chi connectivity index (χ0v) is 20.4. The highest BCUT2D eigenvalue weighted by molar-refractivity contribution is 6.76. The Bertz CT molecular complexity index is 928. The van der Waals surface area contributed by atoms with Crippen LogP contribution in [0.15, 0.2) is 18.7 Å². The van der Waals surface area contributed by atoms with Gasteiger partial charge in [-0.05, 0) is 12.5 Å². The molecule has 12 heteroatoms.